The van der Waals surface area contributed by atoms with Gasteiger partial charge in [0.15, 0.2) is 5.78 Å². The highest BCUT2D eigenvalue weighted by Crippen LogP contribution is 2.31. The van der Waals surface area contributed by atoms with Crippen LogP contribution in [0.5, 0.6) is 0 Å². The number of hydrogen-bond donors (Lipinski definition) is 0. The van der Waals surface area contributed by atoms with Crippen LogP contribution in [0.2, 0.25) is 0 Å². The molecule has 0 spiro atoms. The summed E-state index contributed by atoms with van der Waals surface area (Å²) in [5.41, 5.74) is 0.875. The van der Waals surface area contributed by atoms with Crippen molar-refractivity contribution in [2.75, 3.05) is 6.61 Å². The van der Waals surface area contributed by atoms with E-state index in [1.165, 1.54) is 11.3 Å². The van der Waals surface area contributed by atoms with Crippen molar-refractivity contribution in [3.8, 4) is 0 Å². The molecule has 2 rings (SSSR count). The number of carbonyl (C=O) groups excluding carboxylic acids is 2. The number of Topliss-reactive ketones (excluding diaryl/α,β-unsaturated/α-hetero) is 1. The van der Waals surface area contributed by atoms with Gasteiger partial charge in [0, 0.05) is 5.92 Å². The summed E-state index contributed by atoms with van der Waals surface area (Å²) in [7, 11) is 0. The van der Waals surface area contributed by atoms with Crippen molar-refractivity contribution in [1.82, 2.24) is 0 Å². The van der Waals surface area contributed by atoms with Crippen LogP contribution in [0.4, 0.5) is 0 Å². The number of carbonyl (C=O) groups is 2. The molecule has 0 fully saturated rings. The molecule has 2 atom stereocenters. The minimum Gasteiger partial charge on any atom is -0.465 e. The zero-order chi connectivity index (χ0) is 15.9. The van der Waals surface area contributed by atoms with Crippen molar-refractivity contribution >= 4 is 23.1 Å². The number of ketones is 1. The van der Waals surface area contributed by atoms with Crippen LogP contribution in [0, 0.1) is 5.92 Å². The Morgan fingerprint density at radius 3 is 2.50 bits per heavy atom. The van der Waals surface area contributed by atoms with Crippen LogP contribution in [0.15, 0.2) is 60.5 Å². The number of esters is 1. The second-order valence-corrected chi connectivity index (χ2v) is 5.69. The molecule has 4 heteroatoms. The molecule has 0 amide bonds. The topological polar surface area (TPSA) is 43.4 Å². The average Bonchev–Trinajstić information content (AvgIpc) is 3.07. The molecule has 1 heterocycles. The van der Waals surface area contributed by atoms with Gasteiger partial charge in [0.2, 0.25) is 0 Å². The van der Waals surface area contributed by atoms with Crippen LogP contribution in [0.3, 0.4) is 0 Å². The third-order valence-electron chi connectivity index (χ3n) is 3.38. The molecular weight excluding hydrogens is 296 g/mol. The number of allylic oxidation sites excluding steroid dienone is 1. The fraction of sp³-hybridized carbons (Fsp3) is 0.222. The van der Waals surface area contributed by atoms with Crippen molar-refractivity contribution in [3.05, 3.63) is 70.9 Å². The summed E-state index contributed by atoms with van der Waals surface area (Å²) < 4.78 is 5.12. The Hall–Kier alpha value is -2.20. The summed E-state index contributed by atoms with van der Waals surface area (Å²) in [5, 5.41) is 1.82. The second kappa shape index (κ2) is 7.71. The van der Waals surface area contributed by atoms with Crippen LogP contribution >= 0.6 is 11.3 Å². The highest BCUT2D eigenvalue weighted by atomic mass is 32.1. The van der Waals surface area contributed by atoms with Crippen LogP contribution in [0.25, 0.3) is 0 Å². The van der Waals surface area contributed by atoms with Gasteiger partial charge in [-0.1, -0.05) is 42.5 Å². The maximum Gasteiger partial charge on any atom is 0.317 e. The molecule has 1 aromatic carbocycles. The van der Waals surface area contributed by atoms with E-state index in [1.54, 1.807) is 25.1 Å². The summed E-state index contributed by atoms with van der Waals surface area (Å²) in [4.78, 5) is 25.7. The van der Waals surface area contributed by atoms with E-state index in [4.69, 9.17) is 4.74 Å². The maximum atomic E-state index is 12.8. The highest BCUT2D eigenvalue weighted by Gasteiger charge is 2.36. The summed E-state index contributed by atoms with van der Waals surface area (Å²) in [5.74, 6) is -2.04. The molecular formula is C18H18O3S. The lowest BCUT2D eigenvalue weighted by atomic mass is 9.83. The number of ether oxygens (including phenoxy) is 1. The lowest BCUT2D eigenvalue weighted by Crippen LogP contribution is -2.31. The molecule has 3 nitrogen and oxygen atoms in total. The monoisotopic (exact) mass is 314 g/mol. The van der Waals surface area contributed by atoms with Gasteiger partial charge in [0.1, 0.15) is 5.92 Å². The van der Waals surface area contributed by atoms with E-state index in [0.29, 0.717) is 4.88 Å². The molecule has 0 saturated carbocycles. The summed E-state index contributed by atoms with van der Waals surface area (Å²) in [6, 6.07) is 13.0. The highest BCUT2D eigenvalue weighted by molar-refractivity contribution is 7.12. The Morgan fingerprint density at radius 1 is 1.23 bits per heavy atom. The van der Waals surface area contributed by atoms with Crippen LogP contribution in [-0.2, 0) is 9.53 Å². The zero-order valence-electron chi connectivity index (χ0n) is 12.4. The molecule has 1 aromatic heterocycles. The largest absolute Gasteiger partial charge is 0.465 e. The Labute approximate surface area is 134 Å². The first kappa shape index (κ1) is 16.2. The second-order valence-electron chi connectivity index (χ2n) is 4.74. The molecule has 0 bridgehead atoms. The van der Waals surface area contributed by atoms with Crippen molar-refractivity contribution in [1.29, 1.82) is 0 Å². The Morgan fingerprint density at radius 2 is 1.95 bits per heavy atom. The van der Waals surface area contributed by atoms with Gasteiger partial charge in [-0.05, 0) is 23.9 Å². The fourth-order valence-corrected chi connectivity index (χ4v) is 3.06. The van der Waals surface area contributed by atoms with Gasteiger partial charge in [-0.3, -0.25) is 9.59 Å². The molecule has 0 unspecified atom stereocenters. The lowest BCUT2D eigenvalue weighted by Gasteiger charge is -2.22. The first-order valence-electron chi connectivity index (χ1n) is 7.10. The molecule has 0 saturated heterocycles. The van der Waals surface area contributed by atoms with Crippen molar-refractivity contribution < 1.29 is 14.3 Å². The average molecular weight is 314 g/mol. The molecule has 2 aromatic rings. The SMILES string of the molecule is C=C[C@@H](c1ccccc1)[C@@H](C(=O)OCC)C(=O)c1cccs1. The number of benzene rings is 1. The Bertz CT molecular complexity index is 632. The van der Waals surface area contributed by atoms with E-state index in [1.807, 2.05) is 35.7 Å². The van der Waals surface area contributed by atoms with Gasteiger partial charge in [0.25, 0.3) is 0 Å². The zero-order valence-corrected chi connectivity index (χ0v) is 13.2. The minimum atomic E-state index is -0.904. The normalized spacial score (nSPS) is 13.1. The van der Waals surface area contributed by atoms with E-state index in [2.05, 4.69) is 6.58 Å². The third-order valence-corrected chi connectivity index (χ3v) is 4.27. The molecule has 0 N–H and O–H groups in total. The van der Waals surface area contributed by atoms with E-state index in [-0.39, 0.29) is 12.4 Å². The number of thiophene rings is 1. The Balaban J connectivity index is 2.40. The molecule has 22 heavy (non-hydrogen) atoms. The van der Waals surface area contributed by atoms with Gasteiger partial charge in [-0.15, -0.1) is 17.9 Å². The molecule has 0 aliphatic rings. The van der Waals surface area contributed by atoms with Crippen molar-refractivity contribution in [2.45, 2.75) is 12.8 Å². The predicted molar refractivity (Wildman–Crippen MR) is 88.2 cm³/mol. The summed E-state index contributed by atoms with van der Waals surface area (Å²) in [6.07, 6.45) is 1.64. The smallest absolute Gasteiger partial charge is 0.317 e. The minimum absolute atomic E-state index is 0.220. The van der Waals surface area contributed by atoms with E-state index in [9.17, 15) is 9.59 Å². The first-order chi connectivity index (χ1) is 10.7. The number of rotatable bonds is 7. The van der Waals surface area contributed by atoms with Gasteiger partial charge >= 0.3 is 5.97 Å². The standard InChI is InChI=1S/C18H18O3S/c1-3-14(13-9-6-5-7-10-13)16(18(20)21-4-2)17(19)15-11-8-12-22-15/h3,5-12,14,16H,1,4H2,2H3/t14-,16+/m0/s1. The molecule has 114 valence electrons. The van der Waals surface area contributed by atoms with Crippen LogP contribution in [0.1, 0.15) is 28.1 Å². The van der Waals surface area contributed by atoms with E-state index < -0.39 is 17.8 Å². The van der Waals surface area contributed by atoms with Gasteiger partial charge < -0.3 is 4.74 Å². The Kier molecular flexibility index (Phi) is 5.67. The molecule has 0 radical (unpaired) electrons. The molecule has 0 aliphatic carbocycles. The maximum absolute atomic E-state index is 12.8. The summed E-state index contributed by atoms with van der Waals surface area (Å²) >= 11 is 1.33. The number of hydrogen-bond acceptors (Lipinski definition) is 4. The first-order valence-corrected chi connectivity index (χ1v) is 7.98. The lowest BCUT2D eigenvalue weighted by molar-refractivity contribution is -0.146. The fourth-order valence-electron chi connectivity index (χ4n) is 2.36. The van der Waals surface area contributed by atoms with Crippen molar-refractivity contribution in [2.24, 2.45) is 5.92 Å². The van der Waals surface area contributed by atoms with Gasteiger partial charge in [-0.2, -0.15) is 0 Å². The van der Waals surface area contributed by atoms with Crippen LogP contribution < -0.4 is 0 Å². The van der Waals surface area contributed by atoms with E-state index in [0.717, 1.165) is 5.56 Å². The van der Waals surface area contributed by atoms with Crippen LogP contribution in [-0.4, -0.2) is 18.4 Å². The van der Waals surface area contributed by atoms with E-state index >= 15 is 0 Å². The molecule has 0 aliphatic heterocycles. The third kappa shape index (κ3) is 3.52. The van der Waals surface area contributed by atoms with Crippen molar-refractivity contribution in [3.63, 3.8) is 0 Å². The quantitative estimate of drug-likeness (QED) is 0.335. The van der Waals surface area contributed by atoms with Gasteiger partial charge in [0.05, 0.1) is 11.5 Å². The predicted octanol–water partition coefficient (Wildman–Crippen LogP) is 4.08. The summed E-state index contributed by atoms with van der Waals surface area (Å²) in [6.45, 7) is 5.78. The van der Waals surface area contributed by atoms with Gasteiger partial charge in [-0.25, -0.2) is 0 Å².